The van der Waals surface area contributed by atoms with Gasteiger partial charge in [-0.3, -0.25) is 4.79 Å². The van der Waals surface area contributed by atoms with Crippen molar-refractivity contribution in [3.63, 3.8) is 0 Å². The third-order valence-electron chi connectivity index (χ3n) is 2.98. The van der Waals surface area contributed by atoms with Gasteiger partial charge in [0, 0.05) is 30.0 Å². The van der Waals surface area contributed by atoms with E-state index in [0.29, 0.717) is 13.0 Å². The smallest absolute Gasteiger partial charge is 0.222 e. The minimum absolute atomic E-state index is 0.222. The molecule has 0 fully saturated rings. The Morgan fingerprint density at radius 2 is 2.32 bits per heavy atom. The van der Waals surface area contributed by atoms with Gasteiger partial charge < -0.3 is 9.32 Å². The lowest BCUT2D eigenvalue weighted by atomic mass is 10.2. The lowest BCUT2D eigenvalue weighted by Crippen LogP contribution is -2.32. The zero-order valence-corrected chi connectivity index (χ0v) is 12.0. The van der Waals surface area contributed by atoms with E-state index in [1.807, 2.05) is 24.0 Å². The van der Waals surface area contributed by atoms with Crippen LogP contribution in [-0.2, 0) is 17.8 Å². The van der Waals surface area contributed by atoms with Gasteiger partial charge in [-0.2, -0.15) is 0 Å². The van der Waals surface area contributed by atoms with Gasteiger partial charge in [-0.05, 0) is 30.4 Å². The van der Waals surface area contributed by atoms with Crippen molar-refractivity contribution in [3.8, 4) is 0 Å². The summed E-state index contributed by atoms with van der Waals surface area (Å²) in [4.78, 5) is 15.4. The number of hydrogen-bond donors (Lipinski definition) is 0. The van der Waals surface area contributed by atoms with E-state index in [4.69, 9.17) is 4.42 Å². The molecule has 0 atom stereocenters. The van der Waals surface area contributed by atoms with Gasteiger partial charge in [0.2, 0.25) is 5.91 Å². The molecule has 2 heterocycles. The molecule has 1 amide bonds. The Hall–Kier alpha value is -1.55. The Bertz CT molecular complexity index is 476. The molecule has 0 saturated carbocycles. The van der Waals surface area contributed by atoms with Crippen molar-refractivity contribution >= 4 is 17.2 Å². The van der Waals surface area contributed by atoms with E-state index in [-0.39, 0.29) is 5.91 Å². The van der Waals surface area contributed by atoms with Gasteiger partial charge in [0.25, 0.3) is 0 Å². The molecule has 0 aliphatic carbocycles. The summed E-state index contributed by atoms with van der Waals surface area (Å²) in [6.07, 6.45) is 5.78. The second-order valence-electron chi connectivity index (χ2n) is 4.53. The van der Waals surface area contributed by atoms with Crippen molar-refractivity contribution in [2.24, 2.45) is 0 Å². The molecule has 2 rings (SSSR count). The topological polar surface area (TPSA) is 33.5 Å². The van der Waals surface area contributed by atoms with Crippen LogP contribution in [0, 0.1) is 0 Å². The molecule has 3 nitrogen and oxygen atoms in total. The molecule has 0 radical (unpaired) electrons. The van der Waals surface area contributed by atoms with Crippen molar-refractivity contribution in [2.45, 2.75) is 32.7 Å². The van der Waals surface area contributed by atoms with Crippen molar-refractivity contribution in [3.05, 3.63) is 46.5 Å². The van der Waals surface area contributed by atoms with E-state index < -0.39 is 0 Å². The van der Waals surface area contributed by atoms with E-state index in [9.17, 15) is 4.79 Å². The third-order valence-corrected chi connectivity index (χ3v) is 3.91. The number of carbonyl (C=O) groups excluding carboxylic acids is 1. The highest BCUT2D eigenvalue weighted by molar-refractivity contribution is 7.09. The van der Waals surface area contributed by atoms with E-state index in [1.165, 1.54) is 4.88 Å². The molecule has 0 aliphatic heterocycles. The summed E-state index contributed by atoms with van der Waals surface area (Å²) in [6.45, 7) is 3.44. The fourth-order valence-electron chi connectivity index (χ4n) is 1.97. The van der Waals surface area contributed by atoms with Crippen molar-refractivity contribution < 1.29 is 9.21 Å². The zero-order chi connectivity index (χ0) is 13.5. The first kappa shape index (κ1) is 13.9. The maximum absolute atomic E-state index is 12.1. The molecule has 0 spiro atoms. The van der Waals surface area contributed by atoms with E-state index >= 15 is 0 Å². The number of amides is 1. The standard InChI is InChI=1S/C15H19NO2S/c1-2-4-15(17)16(11-13-7-9-18-12-13)8-6-14-5-3-10-19-14/h3,5,7,9-10,12H,2,4,6,8,11H2,1H3. The van der Waals surface area contributed by atoms with Gasteiger partial charge in [0.1, 0.15) is 0 Å². The van der Waals surface area contributed by atoms with Crippen LogP contribution in [0.15, 0.2) is 40.5 Å². The van der Waals surface area contributed by atoms with Crippen LogP contribution >= 0.6 is 11.3 Å². The van der Waals surface area contributed by atoms with Crippen molar-refractivity contribution in [1.82, 2.24) is 4.90 Å². The normalized spacial score (nSPS) is 10.6. The molecule has 0 bridgehead atoms. The molecule has 0 N–H and O–H groups in total. The Kier molecular flexibility index (Phi) is 5.21. The molecule has 0 unspecified atom stereocenters. The molecule has 4 heteroatoms. The number of rotatable bonds is 7. The molecule has 2 aromatic heterocycles. The zero-order valence-electron chi connectivity index (χ0n) is 11.2. The molecule has 0 saturated heterocycles. The van der Waals surface area contributed by atoms with Gasteiger partial charge in [0.05, 0.1) is 12.5 Å². The van der Waals surface area contributed by atoms with Crippen LogP contribution in [0.25, 0.3) is 0 Å². The minimum atomic E-state index is 0.222. The number of nitrogens with zero attached hydrogens (tertiary/aromatic N) is 1. The van der Waals surface area contributed by atoms with Gasteiger partial charge >= 0.3 is 0 Å². The molecular formula is C15H19NO2S. The van der Waals surface area contributed by atoms with Gasteiger partial charge in [0.15, 0.2) is 0 Å². The summed E-state index contributed by atoms with van der Waals surface area (Å²) in [5.74, 6) is 0.222. The molecular weight excluding hydrogens is 258 g/mol. The van der Waals surface area contributed by atoms with Crippen LogP contribution in [0.1, 0.15) is 30.2 Å². The monoisotopic (exact) mass is 277 g/mol. The largest absolute Gasteiger partial charge is 0.472 e. The Labute approximate surface area is 117 Å². The van der Waals surface area contributed by atoms with Gasteiger partial charge in [-0.25, -0.2) is 0 Å². The highest BCUT2D eigenvalue weighted by Gasteiger charge is 2.13. The van der Waals surface area contributed by atoms with Gasteiger partial charge in [-0.15, -0.1) is 11.3 Å². The lowest BCUT2D eigenvalue weighted by molar-refractivity contribution is -0.131. The number of furan rings is 1. The number of carbonyl (C=O) groups is 1. The first-order valence-electron chi connectivity index (χ1n) is 6.61. The van der Waals surface area contributed by atoms with Crippen LogP contribution in [0.2, 0.25) is 0 Å². The fourth-order valence-corrected chi connectivity index (χ4v) is 2.67. The lowest BCUT2D eigenvalue weighted by Gasteiger charge is -2.21. The van der Waals surface area contributed by atoms with E-state index in [0.717, 1.165) is 24.9 Å². The van der Waals surface area contributed by atoms with Crippen molar-refractivity contribution in [2.75, 3.05) is 6.54 Å². The summed E-state index contributed by atoms with van der Waals surface area (Å²) >= 11 is 1.74. The summed E-state index contributed by atoms with van der Waals surface area (Å²) in [7, 11) is 0. The molecule has 102 valence electrons. The third kappa shape index (κ3) is 4.24. The number of thiophene rings is 1. The van der Waals surface area contributed by atoms with Gasteiger partial charge in [-0.1, -0.05) is 13.0 Å². The maximum atomic E-state index is 12.1. The first-order valence-corrected chi connectivity index (χ1v) is 7.48. The number of hydrogen-bond acceptors (Lipinski definition) is 3. The second-order valence-corrected chi connectivity index (χ2v) is 5.56. The minimum Gasteiger partial charge on any atom is -0.472 e. The SMILES string of the molecule is CCCC(=O)N(CCc1cccs1)Cc1ccoc1. The fraction of sp³-hybridized carbons (Fsp3) is 0.400. The highest BCUT2D eigenvalue weighted by Crippen LogP contribution is 2.13. The first-order chi connectivity index (χ1) is 9.29. The Morgan fingerprint density at radius 3 is 2.95 bits per heavy atom. The quantitative estimate of drug-likeness (QED) is 0.773. The van der Waals surface area contributed by atoms with Crippen LogP contribution in [-0.4, -0.2) is 17.4 Å². The van der Waals surface area contributed by atoms with E-state index in [2.05, 4.69) is 11.4 Å². The van der Waals surface area contributed by atoms with Crippen molar-refractivity contribution in [1.29, 1.82) is 0 Å². The average Bonchev–Trinajstić information content (AvgIpc) is 3.08. The summed E-state index contributed by atoms with van der Waals surface area (Å²) < 4.78 is 5.07. The summed E-state index contributed by atoms with van der Waals surface area (Å²) in [5.41, 5.74) is 1.05. The summed E-state index contributed by atoms with van der Waals surface area (Å²) in [6, 6.07) is 6.08. The van der Waals surface area contributed by atoms with Crippen LogP contribution in [0.5, 0.6) is 0 Å². The summed E-state index contributed by atoms with van der Waals surface area (Å²) in [5, 5.41) is 2.07. The van der Waals surface area contributed by atoms with Crippen LogP contribution < -0.4 is 0 Å². The predicted molar refractivity (Wildman–Crippen MR) is 77.1 cm³/mol. The Morgan fingerprint density at radius 1 is 1.42 bits per heavy atom. The van der Waals surface area contributed by atoms with E-state index in [1.54, 1.807) is 23.9 Å². The molecule has 0 aliphatic rings. The maximum Gasteiger partial charge on any atom is 0.222 e. The molecule has 19 heavy (non-hydrogen) atoms. The van der Waals surface area contributed by atoms with Crippen LogP contribution in [0.3, 0.4) is 0 Å². The van der Waals surface area contributed by atoms with Crippen LogP contribution in [0.4, 0.5) is 0 Å². The molecule has 0 aromatic carbocycles. The average molecular weight is 277 g/mol. The molecule has 2 aromatic rings. The Balaban J connectivity index is 1.95. The predicted octanol–water partition coefficient (Wildman–Crippen LogP) is 3.71. The highest BCUT2D eigenvalue weighted by atomic mass is 32.1. The second kappa shape index (κ2) is 7.14.